The summed E-state index contributed by atoms with van der Waals surface area (Å²) >= 11 is 1.27. The molecule has 0 saturated carbocycles. The van der Waals surface area contributed by atoms with Gasteiger partial charge in [-0.25, -0.2) is 8.42 Å². The van der Waals surface area contributed by atoms with E-state index in [9.17, 15) is 13.2 Å². The molecule has 26 heavy (non-hydrogen) atoms. The number of nitrogens with one attached hydrogen (secondary N) is 1. The Balaban J connectivity index is 1.67. The molecule has 8 heteroatoms. The largest absolute Gasteiger partial charge is 0.349 e. The molecule has 1 aliphatic heterocycles. The first kappa shape index (κ1) is 19.0. The summed E-state index contributed by atoms with van der Waals surface area (Å²) in [4.78, 5) is 17.7. The van der Waals surface area contributed by atoms with Gasteiger partial charge < -0.3 is 5.32 Å². The number of aromatic nitrogens is 1. The zero-order valence-electron chi connectivity index (χ0n) is 14.9. The average Bonchev–Trinajstić information content (AvgIpc) is 3.10. The number of hydrogen-bond donors (Lipinski definition) is 1. The first-order valence-electron chi connectivity index (χ1n) is 8.65. The number of pyridine rings is 1. The number of aryl methyl sites for hydroxylation is 1. The highest BCUT2D eigenvalue weighted by molar-refractivity contribution is 7.91. The summed E-state index contributed by atoms with van der Waals surface area (Å²) < 4.78 is 27.4. The number of carbonyl (C=O) groups is 1. The van der Waals surface area contributed by atoms with Crippen molar-refractivity contribution in [3.63, 3.8) is 0 Å². The fourth-order valence-electron chi connectivity index (χ4n) is 3.10. The summed E-state index contributed by atoms with van der Waals surface area (Å²) in [5.41, 5.74) is 0.926. The van der Waals surface area contributed by atoms with Gasteiger partial charge in [0.1, 0.15) is 4.21 Å². The third-order valence-corrected chi connectivity index (χ3v) is 7.94. The summed E-state index contributed by atoms with van der Waals surface area (Å²) in [5, 5.41) is 2.98. The number of amides is 1. The molecule has 1 amide bonds. The van der Waals surface area contributed by atoms with Gasteiger partial charge in [0.2, 0.25) is 5.91 Å². The SMILES string of the molecule is Cc1ccc(S(=O)(=O)N2CCCC(C(=O)NC(C)c3cccnc3)C2)s1. The van der Waals surface area contributed by atoms with Crippen LogP contribution in [0.1, 0.15) is 36.2 Å². The van der Waals surface area contributed by atoms with Gasteiger partial charge >= 0.3 is 0 Å². The van der Waals surface area contributed by atoms with Crippen LogP contribution in [0.2, 0.25) is 0 Å². The lowest BCUT2D eigenvalue weighted by molar-refractivity contribution is -0.126. The average molecular weight is 394 g/mol. The third-order valence-electron chi connectivity index (χ3n) is 4.61. The second-order valence-electron chi connectivity index (χ2n) is 6.58. The van der Waals surface area contributed by atoms with Gasteiger partial charge in [0.05, 0.1) is 12.0 Å². The van der Waals surface area contributed by atoms with Crippen LogP contribution >= 0.6 is 11.3 Å². The highest BCUT2D eigenvalue weighted by Crippen LogP contribution is 2.28. The molecule has 3 heterocycles. The molecule has 0 bridgehead atoms. The van der Waals surface area contributed by atoms with E-state index in [1.807, 2.05) is 26.0 Å². The van der Waals surface area contributed by atoms with Crippen LogP contribution in [0.3, 0.4) is 0 Å². The topological polar surface area (TPSA) is 79.4 Å². The highest BCUT2D eigenvalue weighted by atomic mass is 32.2. The maximum atomic E-state index is 12.8. The molecule has 1 saturated heterocycles. The molecule has 0 aromatic carbocycles. The summed E-state index contributed by atoms with van der Waals surface area (Å²) in [6.45, 7) is 4.47. The van der Waals surface area contributed by atoms with Crippen molar-refractivity contribution in [1.82, 2.24) is 14.6 Å². The second-order valence-corrected chi connectivity index (χ2v) is 10.0. The number of carbonyl (C=O) groups excluding carboxylic acids is 1. The van der Waals surface area contributed by atoms with E-state index >= 15 is 0 Å². The number of hydrogen-bond acceptors (Lipinski definition) is 5. The van der Waals surface area contributed by atoms with Crippen molar-refractivity contribution in [2.75, 3.05) is 13.1 Å². The monoisotopic (exact) mass is 393 g/mol. The number of sulfonamides is 1. The van der Waals surface area contributed by atoms with Crippen molar-refractivity contribution in [2.45, 2.75) is 36.9 Å². The van der Waals surface area contributed by atoms with E-state index in [4.69, 9.17) is 0 Å². The molecule has 2 unspecified atom stereocenters. The van der Waals surface area contributed by atoms with E-state index in [-0.39, 0.29) is 24.4 Å². The van der Waals surface area contributed by atoms with Crippen LogP contribution < -0.4 is 5.32 Å². The van der Waals surface area contributed by atoms with E-state index in [2.05, 4.69) is 10.3 Å². The van der Waals surface area contributed by atoms with Crippen LogP contribution in [-0.2, 0) is 14.8 Å². The van der Waals surface area contributed by atoms with E-state index in [0.717, 1.165) is 10.4 Å². The first-order valence-corrected chi connectivity index (χ1v) is 10.9. The molecular weight excluding hydrogens is 370 g/mol. The molecule has 1 aliphatic rings. The van der Waals surface area contributed by atoms with Gasteiger partial charge in [-0.05, 0) is 50.5 Å². The Morgan fingerprint density at radius 1 is 1.38 bits per heavy atom. The van der Waals surface area contributed by atoms with Gasteiger partial charge in [0, 0.05) is 30.4 Å². The van der Waals surface area contributed by atoms with Gasteiger partial charge in [-0.2, -0.15) is 4.31 Å². The lowest BCUT2D eigenvalue weighted by atomic mass is 9.98. The molecule has 0 spiro atoms. The summed E-state index contributed by atoms with van der Waals surface area (Å²) in [6, 6.07) is 7.03. The minimum atomic E-state index is -3.53. The number of nitrogens with zero attached hydrogens (tertiary/aromatic N) is 2. The summed E-state index contributed by atoms with van der Waals surface area (Å²) in [5.74, 6) is -0.442. The van der Waals surface area contributed by atoms with E-state index < -0.39 is 10.0 Å². The van der Waals surface area contributed by atoms with Gasteiger partial charge in [-0.15, -0.1) is 11.3 Å². The van der Waals surface area contributed by atoms with Crippen molar-refractivity contribution >= 4 is 27.3 Å². The normalized spacial score (nSPS) is 19.8. The summed E-state index contributed by atoms with van der Waals surface area (Å²) in [7, 11) is -3.53. The van der Waals surface area contributed by atoms with Crippen LogP contribution in [0.4, 0.5) is 0 Å². The Kier molecular flexibility index (Phi) is 5.74. The quantitative estimate of drug-likeness (QED) is 0.847. The van der Waals surface area contributed by atoms with Crippen molar-refractivity contribution in [3.05, 3.63) is 47.1 Å². The van der Waals surface area contributed by atoms with Crippen molar-refractivity contribution < 1.29 is 13.2 Å². The van der Waals surface area contributed by atoms with Crippen LogP contribution in [0.15, 0.2) is 40.9 Å². The maximum absolute atomic E-state index is 12.8. The van der Waals surface area contributed by atoms with Gasteiger partial charge in [-0.3, -0.25) is 9.78 Å². The highest BCUT2D eigenvalue weighted by Gasteiger charge is 2.34. The minimum absolute atomic E-state index is 0.108. The van der Waals surface area contributed by atoms with Crippen LogP contribution in [-0.4, -0.2) is 36.7 Å². The van der Waals surface area contributed by atoms with Crippen LogP contribution in [0.5, 0.6) is 0 Å². The first-order chi connectivity index (χ1) is 12.4. The lowest BCUT2D eigenvalue weighted by Gasteiger charge is -2.31. The molecule has 1 N–H and O–H groups in total. The Hall–Kier alpha value is -1.77. The molecule has 2 aromatic heterocycles. The van der Waals surface area contributed by atoms with E-state index in [1.54, 1.807) is 24.5 Å². The fraction of sp³-hybridized carbons (Fsp3) is 0.444. The van der Waals surface area contributed by atoms with Crippen molar-refractivity contribution in [1.29, 1.82) is 0 Å². The Labute approximate surface area is 158 Å². The standard InChI is InChI=1S/C18H23N3O3S2/c1-13-7-8-17(25-13)26(23,24)21-10-4-6-16(12-21)18(22)20-14(2)15-5-3-9-19-11-15/h3,5,7-9,11,14,16H,4,6,10,12H2,1-2H3,(H,20,22). The predicted molar refractivity (Wildman–Crippen MR) is 101 cm³/mol. The van der Waals surface area contributed by atoms with Gasteiger partial charge in [0.25, 0.3) is 10.0 Å². The molecule has 2 atom stereocenters. The fourth-order valence-corrected chi connectivity index (χ4v) is 6.06. The zero-order valence-corrected chi connectivity index (χ0v) is 16.5. The van der Waals surface area contributed by atoms with E-state index in [1.165, 1.54) is 15.6 Å². The second kappa shape index (κ2) is 7.85. The predicted octanol–water partition coefficient (Wildman–Crippen LogP) is 2.73. The Morgan fingerprint density at radius 3 is 2.85 bits per heavy atom. The Bertz CT molecular complexity index is 865. The van der Waals surface area contributed by atoms with Crippen LogP contribution in [0, 0.1) is 12.8 Å². The van der Waals surface area contributed by atoms with Gasteiger partial charge in [-0.1, -0.05) is 6.07 Å². The van der Waals surface area contributed by atoms with Crippen molar-refractivity contribution in [2.24, 2.45) is 5.92 Å². The molecule has 0 radical (unpaired) electrons. The molecule has 0 aliphatic carbocycles. The molecule has 2 aromatic rings. The van der Waals surface area contributed by atoms with Gasteiger partial charge in [0.15, 0.2) is 0 Å². The number of thiophene rings is 1. The Morgan fingerprint density at radius 2 is 2.19 bits per heavy atom. The minimum Gasteiger partial charge on any atom is -0.349 e. The van der Waals surface area contributed by atoms with E-state index in [0.29, 0.717) is 23.6 Å². The van der Waals surface area contributed by atoms with Crippen molar-refractivity contribution in [3.8, 4) is 0 Å². The third kappa shape index (κ3) is 4.13. The maximum Gasteiger partial charge on any atom is 0.252 e. The molecule has 1 fully saturated rings. The molecule has 140 valence electrons. The van der Waals surface area contributed by atoms with Crippen LogP contribution in [0.25, 0.3) is 0 Å². The molecular formula is C18H23N3O3S2. The smallest absolute Gasteiger partial charge is 0.252 e. The molecule has 3 rings (SSSR count). The zero-order chi connectivity index (χ0) is 18.7. The summed E-state index contributed by atoms with van der Waals surface area (Å²) in [6.07, 6.45) is 4.79. The number of rotatable bonds is 5. The number of piperidine rings is 1. The molecule has 6 nitrogen and oxygen atoms in total. The lowest BCUT2D eigenvalue weighted by Crippen LogP contribution is -2.45.